The van der Waals surface area contributed by atoms with Crippen molar-refractivity contribution >= 4 is 0 Å². The molecule has 0 unspecified atom stereocenters. The second kappa shape index (κ2) is 7.42. The van der Waals surface area contributed by atoms with Crippen molar-refractivity contribution in [3.05, 3.63) is 28.8 Å². The number of benzene rings is 1. The predicted molar refractivity (Wildman–Crippen MR) is 95.7 cm³/mol. The molecule has 0 amide bonds. The van der Waals surface area contributed by atoms with Gasteiger partial charge in [-0.05, 0) is 56.4 Å². The zero-order chi connectivity index (χ0) is 17.2. The molecule has 1 aromatic carbocycles. The Bertz CT molecular complexity index is 568. The van der Waals surface area contributed by atoms with Crippen molar-refractivity contribution in [2.24, 2.45) is 0 Å². The van der Waals surface area contributed by atoms with Gasteiger partial charge in [-0.25, -0.2) is 0 Å². The minimum atomic E-state index is -0.941. The highest BCUT2D eigenvalue weighted by Gasteiger charge is 2.36. The summed E-state index contributed by atoms with van der Waals surface area (Å²) in [5, 5.41) is 11.1. The van der Waals surface area contributed by atoms with Crippen molar-refractivity contribution in [1.82, 2.24) is 4.90 Å². The van der Waals surface area contributed by atoms with Crippen LogP contribution in [-0.4, -0.2) is 54.6 Å². The summed E-state index contributed by atoms with van der Waals surface area (Å²) >= 11 is 0. The van der Waals surface area contributed by atoms with Crippen molar-refractivity contribution in [3.8, 4) is 5.75 Å². The summed E-state index contributed by atoms with van der Waals surface area (Å²) in [6.45, 7) is 9.12. The molecule has 0 aromatic heterocycles. The van der Waals surface area contributed by atoms with E-state index in [4.69, 9.17) is 9.47 Å². The molecular formula is C20H31NO3. The van der Waals surface area contributed by atoms with E-state index in [0.717, 1.165) is 17.9 Å². The molecule has 134 valence electrons. The third-order valence-corrected chi connectivity index (χ3v) is 5.49. The molecule has 1 aromatic rings. The summed E-state index contributed by atoms with van der Waals surface area (Å²) in [5.74, 6) is 0.873. The molecule has 3 rings (SSSR count). The Hall–Kier alpha value is -1.10. The van der Waals surface area contributed by atoms with E-state index in [1.807, 2.05) is 0 Å². The van der Waals surface area contributed by atoms with Gasteiger partial charge in [-0.2, -0.15) is 0 Å². The maximum absolute atomic E-state index is 11.1. The Morgan fingerprint density at radius 3 is 2.75 bits per heavy atom. The fraction of sp³-hybridized carbons (Fsp3) is 0.700. The van der Waals surface area contributed by atoms with Crippen molar-refractivity contribution in [2.45, 2.75) is 58.1 Å². The molecule has 1 atom stereocenters. The standard InChI is InChI=1S/C20H31NO3/c1-15-10-16(2)17(3)19(11-15)24-14-20(22)12-21(8-9-23-13-20)18-6-4-5-7-18/h10-11,18,22H,4-9,12-14H2,1-3H3/t20-/m0/s1. The van der Waals surface area contributed by atoms with Gasteiger partial charge in [0, 0.05) is 19.1 Å². The summed E-state index contributed by atoms with van der Waals surface area (Å²) in [7, 11) is 0. The molecule has 0 radical (unpaired) electrons. The van der Waals surface area contributed by atoms with Gasteiger partial charge < -0.3 is 14.6 Å². The smallest absolute Gasteiger partial charge is 0.134 e. The monoisotopic (exact) mass is 333 g/mol. The molecule has 4 nitrogen and oxygen atoms in total. The molecule has 1 N–H and O–H groups in total. The predicted octanol–water partition coefficient (Wildman–Crippen LogP) is 3.00. The maximum atomic E-state index is 11.1. The largest absolute Gasteiger partial charge is 0.490 e. The third-order valence-electron chi connectivity index (χ3n) is 5.49. The van der Waals surface area contributed by atoms with Crippen LogP contribution in [0.2, 0.25) is 0 Å². The Balaban J connectivity index is 1.68. The molecule has 0 spiro atoms. The first-order valence-electron chi connectivity index (χ1n) is 9.22. The minimum absolute atomic E-state index is 0.278. The molecule has 1 aliphatic heterocycles. The van der Waals surface area contributed by atoms with Crippen molar-refractivity contribution < 1.29 is 14.6 Å². The van der Waals surface area contributed by atoms with Crippen molar-refractivity contribution in [1.29, 1.82) is 0 Å². The molecule has 4 heteroatoms. The van der Waals surface area contributed by atoms with Crippen LogP contribution >= 0.6 is 0 Å². The zero-order valence-corrected chi connectivity index (χ0v) is 15.3. The fourth-order valence-electron chi connectivity index (χ4n) is 3.98. The number of aryl methyl sites for hydroxylation is 2. The SMILES string of the molecule is Cc1cc(C)c(C)c(OC[C@@]2(O)COCCN(C3CCCC3)C2)c1. The summed E-state index contributed by atoms with van der Waals surface area (Å²) in [6.07, 6.45) is 5.09. The zero-order valence-electron chi connectivity index (χ0n) is 15.3. The van der Waals surface area contributed by atoms with Gasteiger partial charge in [0.05, 0.1) is 13.2 Å². The number of nitrogens with zero attached hydrogens (tertiary/aromatic N) is 1. The first kappa shape index (κ1) is 17.7. The lowest BCUT2D eigenvalue weighted by molar-refractivity contribution is -0.0670. The van der Waals surface area contributed by atoms with Crippen LogP contribution in [0.15, 0.2) is 12.1 Å². The summed E-state index contributed by atoms with van der Waals surface area (Å²) < 4.78 is 11.7. The fourth-order valence-corrected chi connectivity index (χ4v) is 3.98. The van der Waals surface area contributed by atoms with E-state index < -0.39 is 5.60 Å². The number of rotatable bonds is 4. The van der Waals surface area contributed by atoms with Gasteiger partial charge >= 0.3 is 0 Å². The Kier molecular flexibility index (Phi) is 5.48. The van der Waals surface area contributed by atoms with Gasteiger partial charge in [0.25, 0.3) is 0 Å². The van der Waals surface area contributed by atoms with Crippen LogP contribution in [0.4, 0.5) is 0 Å². The molecule has 1 saturated carbocycles. The van der Waals surface area contributed by atoms with Crippen LogP contribution in [0.25, 0.3) is 0 Å². The quantitative estimate of drug-likeness (QED) is 0.920. The first-order valence-corrected chi connectivity index (χ1v) is 9.22. The Morgan fingerprint density at radius 2 is 2.00 bits per heavy atom. The molecule has 2 fully saturated rings. The van der Waals surface area contributed by atoms with Crippen LogP contribution < -0.4 is 4.74 Å². The summed E-state index contributed by atoms with van der Waals surface area (Å²) in [4.78, 5) is 2.41. The maximum Gasteiger partial charge on any atom is 0.134 e. The van der Waals surface area contributed by atoms with E-state index in [1.54, 1.807) is 0 Å². The second-order valence-electron chi connectivity index (χ2n) is 7.68. The number of β-amino-alcohol motifs (C(OH)–C–C–N with tert-alkyl or cyclic N) is 1. The summed E-state index contributed by atoms with van der Waals surface area (Å²) in [6, 6.07) is 4.81. The highest BCUT2D eigenvalue weighted by Crippen LogP contribution is 2.28. The Labute approximate surface area is 145 Å². The van der Waals surface area contributed by atoms with Crippen LogP contribution in [-0.2, 0) is 4.74 Å². The van der Waals surface area contributed by atoms with Crippen LogP contribution in [0.3, 0.4) is 0 Å². The van der Waals surface area contributed by atoms with E-state index in [1.165, 1.54) is 36.8 Å². The minimum Gasteiger partial charge on any atom is -0.490 e. The highest BCUT2D eigenvalue weighted by atomic mass is 16.5. The van der Waals surface area contributed by atoms with E-state index >= 15 is 0 Å². The number of ether oxygens (including phenoxy) is 2. The van der Waals surface area contributed by atoms with E-state index in [2.05, 4.69) is 37.8 Å². The number of hydrogen-bond donors (Lipinski definition) is 1. The van der Waals surface area contributed by atoms with E-state index in [0.29, 0.717) is 25.8 Å². The van der Waals surface area contributed by atoms with Crippen LogP contribution in [0.5, 0.6) is 5.75 Å². The summed E-state index contributed by atoms with van der Waals surface area (Å²) in [5.41, 5.74) is 2.61. The lowest BCUT2D eigenvalue weighted by atomic mass is 10.0. The average molecular weight is 333 g/mol. The van der Waals surface area contributed by atoms with Crippen LogP contribution in [0.1, 0.15) is 42.4 Å². The van der Waals surface area contributed by atoms with Gasteiger partial charge in [-0.1, -0.05) is 18.9 Å². The van der Waals surface area contributed by atoms with Gasteiger partial charge in [0.1, 0.15) is 18.0 Å². The van der Waals surface area contributed by atoms with E-state index in [-0.39, 0.29) is 6.61 Å². The van der Waals surface area contributed by atoms with Gasteiger partial charge in [-0.3, -0.25) is 4.90 Å². The number of aliphatic hydroxyl groups is 1. The normalized spacial score (nSPS) is 26.5. The topological polar surface area (TPSA) is 41.9 Å². The number of hydrogen-bond acceptors (Lipinski definition) is 4. The average Bonchev–Trinajstić information content (AvgIpc) is 3.00. The molecule has 2 aliphatic rings. The molecular weight excluding hydrogens is 302 g/mol. The Morgan fingerprint density at radius 1 is 1.25 bits per heavy atom. The van der Waals surface area contributed by atoms with Gasteiger partial charge in [0.2, 0.25) is 0 Å². The molecule has 1 heterocycles. The second-order valence-corrected chi connectivity index (χ2v) is 7.68. The van der Waals surface area contributed by atoms with Crippen LogP contribution in [0, 0.1) is 20.8 Å². The van der Waals surface area contributed by atoms with Crippen molar-refractivity contribution in [2.75, 3.05) is 32.9 Å². The first-order chi connectivity index (χ1) is 11.5. The van der Waals surface area contributed by atoms with E-state index in [9.17, 15) is 5.11 Å². The lowest BCUT2D eigenvalue weighted by Crippen LogP contribution is -2.51. The molecule has 1 saturated heterocycles. The lowest BCUT2D eigenvalue weighted by Gasteiger charge is -2.34. The molecule has 24 heavy (non-hydrogen) atoms. The molecule has 0 bridgehead atoms. The molecule has 1 aliphatic carbocycles. The van der Waals surface area contributed by atoms with Gasteiger partial charge in [-0.15, -0.1) is 0 Å². The highest BCUT2D eigenvalue weighted by molar-refractivity contribution is 5.42. The van der Waals surface area contributed by atoms with Crippen molar-refractivity contribution in [3.63, 3.8) is 0 Å². The third kappa shape index (κ3) is 4.11. The van der Waals surface area contributed by atoms with Gasteiger partial charge in [0.15, 0.2) is 0 Å².